The Balaban J connectivity index is 2.66. The van der Waals surface area contributed by atoms with Gasteiger partial charge in [-0.2, -0.15) is 0 Å². The van der Waals surface area contributed by atoms with Crippen molar-refractivity contribution < 1.29 is 9.47 Å². The zero-order valence-corrected chi connectivity index (χ0v) is 12.9. The Hall–Kier alpha value is -1.06. The van der Waals surface area contributed by atoms with Gasteiger partial charge in [-0.3, -0.25) is 0 Å². The molecule has 0 aliphatic heterocycles. The molecule has 0 aliphatic rings. The van der Waals surface area contributed by atoms with Crippen LogP contribution in [0.2, 0.25) is 0 Å². The Bertz CT molecular complexity index is 383. The second kappa shape index (κ2) is 7.51. The van der Waals surface area contributed by atoms with Crippen LogP contribution in [0.15, 0.2) is 18.2 Å². The highest BCUT2D eigenvalue weighted by Gasteiger charge is 2.12. The molecule has 0 heterocycles. The van der Waals surface area contributed by atoms with Gasteiger partial charge in [-0.15, -0.1) is 0 Å². The molecule has 1 aromatic rings. The van der Waals surface area contributed by atoms with E-state index in [1.54, 1.807) is 7.11 Å². The summed E-state index contributed by atoms with van der Waals surface area (Å²) in [5.74, 6) is 1.01. The van der Waals surface area contributed by atoms with Gasteiger partial charge in [0, 0.05) is 37.8 Å². The van der Waals surface area contributed by atoms with Crippen molar-refractivity contribution in [2.45, 2.75) is 46.2 Å². The maximum atomic E-state index is 5.92. The molecule has 3 heteroatoms. The molecule has 1 rings (SSSR count). The van der Waals surface area contributed by atoms with Crippen LogP contribution in [0.1, 0.15) is 38.3 Å². The lowest BCUT2D eigenvalue weighted by atomic mass is 10.1. The van der Waals surface area contributed by atoms with Crippen molar-refractivity contribution in [2.75, 3.05) is 20.3 Å². The molecular formula is C16H27NO2. The number of hydrogen-bond donors (Lipinski definition) is 1. The highest BCUT2D eigenvalue weighted by atomic mass is 16.5. The zero-order valence-electron chi connectivity index (χ0n) is 12.9. The Morgan fingerprint density at radius 2 is 1.89 bits per heavy atom. The Kier molecular flexibility index (Phi) is 6.32. The molecule has 108 valence electrons. The van der Waals surface area contributed by atoms with Crippen molar-refractivity contribution in [2.24, 2.45) is 0 Å². The maximum Gasteiger partial charge on any atom is 0.126 e. The number of rotatable bonds is 7. The second-order valence-electron chi connectivity index (χ2n) is 5.86. The van der Waals surface area contributed by atoms with Crippen molar-refractivity contribution >= 4 is 0 Å². The molecule has 0 spiro atoms. The minimum Gasteiger partial charge on any atom is -0.493 e. The second-order valence-corrected chi connectivity index (χ2v) is 5.86. The summed E-state index contributed by atoms with van der Waals surface area (Å²) in [6.07, 6.45) is 0.914. The summed E-state index contributed by atoms with van der Waals surface area (Å²) in [6.45, 7) is 10.9. The molecule has 0 atom stereocenters. The summed E-state index contributed by atoms with van der Waals surface area (Å²) < 4.78 is 11.0. The number of nitrogens with one attached hydrogen (secondary N) is 1. The van der Waals surface area contributed by atoms with Gasteiger partial charge in [-0.05, 0) is 33.3 Å². The predicted octanol–water partition coefficient (Wildman–Crippen LogP) is 3.30. The van der Waals surface area contributed by atoms with Crippen molar-refractivity contribution in [3.63, 3.8) is 0 Å². The van der Waals surface area contributed by atoms with Gasteiger partial charge >= 0.3 is 0 Å². The first-order chi connectivity index (χ1) is 8.94. The molecule has 0 unspecified atom stereocenters. The standard InChI is InChI=1S/C16H27NO2/c1-13-8-6-9-14(12-17-16(2,3)4)15(13)19-11-7-10-18-5/h6,8-9,17H,7,10-12H2,1-5H3. The molecule has 0 radical (unpaired) electrons. The maximum absolute atomic E-state index is 5.92. The SMILES string of the molecule is COCCCOc1c(C)cccc1CNC(C)(C)C. The summed E-state index contributed by atoms with van der Waals surface area (Å²) in [6, 6.07) is 6.29. The zero-order chi connectivity index (χ0) is 14.3. The first-order valence-electron chi connectivity index (χ1n) is 6.89. The van der Waals surface area contributed by atoms with Gasteiger partial charge in [0.15, 0.2) is 0 Å². The van der Waals surface area contributed by atoms with E-state index in [1.807, 2.05) is 0 Å². The van der Waals surface area contributed by atoms with Gasteiger partial charge in [0.1, 0.15) is 5.75 Å². The Labute approximate surface area is 117 Å². The largest absolute Gasteiger partial charge is 0.493 e. The molecule has 0 aromatic heterocycles. The van der Waals surface area contributed by atoms with Gasteiger partial charge in [0.2, 0.25) is 0 Å². The molecule has 0 saturated heterocycles. The quantitative estimate of drug-likeness (QED) is 0.767. The van der Waals surface area contributed by atoms with Crippen LogP contribution in [0.5, 0.6) is 5.75 Å². The number of methoxy groups -OCH3 is 1. The monoisotopic (exact) mass is 265 g/mol. The number of aryl methyl sites for hydroxylation is 1. The van der Waals surface area contributed by atoms with E-state index in [0.717, 1.165) is 25.3 Å². The van der Waals surface area contributed by atoms with E-state index in [0.29, 0.717) is 6.61 Å². The average Bonchev–Trinajstić information content (AvgIpc) is 2.33. The van der Waals surface area contributed by atoms with Gasteiger partial charge in [0.05, 0.1) is 6.61 Å². The molecule has 0 bridgehead atoms. The van der Waals surface area contributed by atoms with Crippen LogP contribution in [-0.4, -0.2) is 25.9 Å². The van der Waals surface area contributed by atoms with Crippen molar-refractivity contribution in [1.29, 1.82) is 0 Å². The van der Waals surface area contributed by atoms with E-state index in [9.17, 15) is 0 Å². The fourth-order valence-electron chi connectivity index (χ4n) is 1.80. The van der Waals surface area contributed by atoms with Crippen LogP contribution in [0.25, 0.3) is 0 Å². The first kappa shape index (κ1) is 16.0. The third-order valence-electron chi connectivity index (χ3n) is 2.84. The minimum atomic E-state index is 0.108. The van der Waals surface area contributed by atoms with Crippen molar-refractivity contribution in [3.05, 3.63) is 29.3 Å². The Morgan fingerprint density at radius 3 is 2.53 bits per heavy atom. The summed E-state index contributed by atoms with van der Waals surface area (Å²) in [5.41, 5.74) is 2.51. The number of hydrogen-bond acceptors (Lipinski definition) is 3. The van der Waals surface area contributed by atoms with Crippen LogP contribution in [0.3, 0.4) is 0 Å². The number of para-hydroxylation sites is 1. The van der Waals surface area contributed by atoms with Gasteiger partial charge in [0.25, 0.3) is 0 Å². The molecular weight excluding hydrogens is 238 g/mol. The fraction of sp³-hybridized carbons (Fsp3) is 0.625. The summed E-state index contributed by atoms with van der Waals surface area (Å²) in [4.78, 5) is 0. The summed E-state index contributed by atoms with van der Waals surface area (Å²) in [5, 5.41) is 3.50. The Morgan fingerprint density at radius 1 is 1.16 bits per heavy atom. The molecule has 1 aromatic carbocycles. The van der Waals surface area contributed by atoms with E-state index in [2.05, 4.69) is 51.2 Å². The van der Waals surface area contributed by atoms with Crippen LogP contribution in [0, 0.1) is 6.92 Å². The lowest BCUT2D eigenvalue weighted by molar-refractivity contribution is 0.171. The van der Waals surface area contributed by atoms with Crippen LogP contribution in [0.4, 0.5) is 0 Å². The minimum absolute atomic E-state index is 0.108. The van der Waals surface area contributed by atoms with Gasteiger partial charge < -0.3 is 14.8 Å². The average molecular weight is 265 g/mol. The lowest BCUT2D eigenvalue weighted by Crippen LogP contribution is -2.35. The van der Waals surface area contributed by atoms with Crippen LogP contribution >= 0.6 is 0 Å². The lowest BCUT2D eigenvalue weighted by Gasteiger charge is -2.22. The molecule has 19 heavy (non-hydrogen) atoms. The van der Waals surface area contributed by atoms with E-state index in [4.69, 9.17) is 9.47 Å². The fourth-order valence-corrected chi connectivity index (χ4v) is 1.80. The molecule has 0 saturated carbocycles. The van der Waals surface area contributed by atoms with E-state index >= 15 is 0 Å². The van der Waals surface area contributed by atoms with Crippen molar-refractivity contribution in [3.8, 4) is 5.75 Å². The van der Waals surface area contributed by atoms with E-state index in [1.165, 1.54) is 11.1 Å². The number of ether oxygens (including phenoxy) is 2. The van der Waals surface area contributed by atoms with Crippen LogP contribution in [-0.2, 0) is 11.3 Å². The third kappa shape index (κ3) is 6.08. The van der Waals surface area contributed by atoms with E-state index < -0.39 is 0 Å². The molecule has 0 fully saturated rings. The molecule has 0 aliphatic carbocycles. The first-order valence-corrected chi connectivity index (χ1v) is 6.89. The molecule has 0 amide bonds. The summed E-state index contributed by atoms with van der Waals surface area (Å²) in [7, 11) is 1.71. The van der Waals surface area contributed by atoms with E-state index in [-0.39, 0.29) is 5.54 Å². The normalized spacial score (nSPS) is 11.6. The predicted molar refractivity (Wildman–Crippen MR) is 79.8 cm³/mol. The van der Waals surface area contributed by atoms with Crippen LogP contribution < -0.4 is 10.1 Å². The molecule has 3 nitrogen and oxygen atoms in total. The highest BCUT2D eigenvalue weighted by molar-refractivity contribution is 5.40. The summed E-state index contributed by atoms with van der Waals surface area (Å²) >= 11 is 0. The topological polar surface area (TPSA) is 30.5 Å². The number of benzene rings is 1. The molecule has 1 N–H and O–H groups in total. The highest BCUT2D eigenvalue weighted by Crippen LogP contribution is 2.24. The smallest absolute Gasteiger partial charge is 0.126 e. The van der Waals surface area contributed by atoms with Crippen molar-refractivity contribution in [1.82, 2.24) is 5.32 Å². The van der Waals surface area contributed by atoms with Gasteiger partial charge in [-0.25, -0.2) is 0 Å². The third-order valence-corrected chi connectivity index (χ3v) is 2.84. The van der Waals surface area contributed by atoms with Gasteiger partial charge in [-0.1, -0.05) is 18.2 Å².